The summed E-state index contributed by atoms with van der Waals surface area (Å²) in [6.07, 6.45) is 3.18. The summed E-state index contributed by atoms with van der Waals surface area (Å²) in [7, 11) is 0. The van der Waals surface area contributed by atoms with Crippen LogP contribution in [0.4, 0.5) is 5.13 Å². The second kappa shape index (κ2) is 6.29. The second-order valence-electron chi connectivity index (χ2n) is 4.06. The number of rotatable bonds is 6. The number of aromatic nitrogens is 2. The third-order valence-electron chi connectivity index (χ3n) is 2.60. The van der Waals surface area contributed by atoms with Gasteiger partial charge in [-0.3, -0.25) is 0 Å². The van der Waals surface area contributed by atoms with Crippen LogP contribution in [0.5, 0.6) is 0 Å². The fourth-order valence-electron chi connectivity index (χ4n) is 1.77. The molecule has 0 amide bonds. The standard InChI is InChI=1S/C13H19N3S2/c1-4-7-9-12(18-11(5-2)15-9)10-8-17-13(16-10)14-6-3/h8H,4-7H2,1-3H3,(H,14,16). The topological polar surface area (TPSA) is 37.8 Å². The Bertz CT molecular complexity index is 502. The highest BCUT2D eigenvalue weighted by Gasteiger charge is 2.14. The van der Waals surface area contributed by atoms with Crippen LogP contribution < -0.4 is 5.32 Å². The zero-order chi connectivity index (χ0) is 13.0. The zero-order valence-corrected chi connectivity index (χ0v) is 12.7. The SMILES string of the molecule is CCCc1nc(CC)sc1-c1csc(NCC)n1. The summed E-state index contributed by atoms with van der Waals surface area (Å²) < 4.78 is 0. The van der Waals surface area contributed by atoms with Crippen LogP contribution in [0.3, 0.4) is 0 Å². The Balaban J connectivity index is 2.31. The van der Waals surface area contributed by atoms with Crippen molar-refractivity contribution in [2.75, 3.05) is 11.9 Å². The van der Waals surface area contributed by atoms with E-state index < -0.39 is 0 Å². The van der Waals surface area contributed by atoms with Gasteiger partial charge in [-0.05, 0) is 19.8 Å². The fraction of sp³-hybridized carbons (Fsp3) is 0.538. The van der Waals surface area contributed by atoms with Crippen molar-refractivity contribution in [3.63, 3.8) is 0 Å². The first-order chi connectivity index (χ1) is 8.78. The van der Waals surface area contributed by atoms with E-state index in [1.807, 2.05) is 0 Å². The van der Waals surface area contributed by atoms with E-state index in [0.717, 1.165) is 36.6 Å². The Kier molecular flexibility index (Phi) is 4.72. The predicted molar refractivity (Wildman–Crippen MR) is 80.8 cm³/mol. The molecule has 3 nitrogen and oxygen atoms in total. The maximum atomic E-state index is 4.71. The Morgan fingerprint density at radius 2 is 2.06 bits per heavy atom. The molecule has 98 valence electrons. The molecule has 0 saturated carbocycles. The molecule has 2 aromatic rings. The molecular weight excluding hydrogens is 262 g/mol. The molecule has 0 aromatic carbocycles. The highest BCUT2D eigenvalue weighted by molar-refractivity contribution is 7.16. The maximum absolute atomic E-state index is 4.71. The first-order valence-electron chi connectivity index (χ1n) is 6.46. The van der Waals surface area contributed by atoms with Crippen molar-refractivity contribution >= 4 is 27.8 Å². The van der Waals surface area contributed by atoms with Gasteiger partial charge >= 0.3 is 0 Å². The summed E-state index contributed by atoms with van der Waals surface area (Å²) in [4.78, 5) is 10.6. The third kappa shape index (κ3) is 2.90. The van der Waals surface area contributed by atoms with Crippen molar-refractivity contribution < 1.29 is 0 Å². The van der Waals surface area contributed by atoms with Crippen molar-refractivity contribution in [1.29, 1.82) is 0 Å². The molecular formula is C13H19N3S2. The number of thiazole rings is 2. The molecule has 0 aliphatic rings. The quantitative estimate of drug-likeness (QED) is 0.861. The molecule has 2 heterocycles. The minimum absolute atomic E-state index is 0.914. The Morgan fingerprint density at radius 3 is 2.72 bits per heavy atom. The third-order valence-corrected chi connectivity index (χ3v) is 4.66. The van der Waals surface area contributed by atoms with Crippen molar-refractivity contribution in [3.8, 4) is 10.6 Å². The van der Waals surface area contributed by atoms with Crippen molar-refractivity contribution in [3.05, 3.63) is 16.1 Å². The molecule has 2 rings (SSSR count). The van der Waals surface area contributed by atoms with E-state index in [1.165, 1.54) is 15.6 Å². The van der Waals surface area contributed by atoms with E-state index in [0.29, 0.717) is 0 Å². The normalized spacial score (nSPS) is 10.8. The smallest absolute Gasteiger partial charge is 0.183 e. The summed E-state index contributed by atoms with van der Waals surface area (Å²) in [5, 5.41) is 7.61. The average Bonchev–Trinajstić information content (AvgIpc) is 2.96. The van der Waals surface area contributed by atoms with Crippen LogP contribution in [0.1, 0.15) is 37.9 Å². The molecule has 0 unspecified atom stereocenters. The van der Waals surface area contributed by atoms with Gasteiger partial charge in [0.05, 0.1) is 21.3 Å². The number of hydrogen-bond donors (Lipinski definition) is 1. The fourth-order valence-corrected chi connectivity index (χ4v) is 3.63. The van der Waals surface area contributed by atoms with E-state index in [2.05, 4.69) is 36.5 Å². The Morgan fingerprint density at radius 1 is 1.22 bits per heavy atom. The van der Waals surface area contributed by atoms with E-state index >= 15 is 0 Å². The molecule has 0 aliphatic carbocycles. The monoisotopic (exact) mass is 281 g/mol. The molecule has 0 spiro atoms. The number of nitrogens with zero attached hydrogens (tertiary/aromatic N) is 2. The van der Waals surface area contributed by atoms with E-state index in [-0.39, 0.29) is 0 Å². The molecule has 0 radical (unpaired) electrons. The van der Waals surface area contributed by atoms with Gasteiger partial charge in [0, 0.05) is 11.9 Å². The molecule has 18 heavy (non-hydrogen) atoms. The van der Waals surface area contributed by atoms with Crippen LogP contribution >= 0.6 is 22.7 Å². The lowest BCUT2D eigenvalue weighted by molar-refractivity contribution is 0.882. The van der Waals surface area contributed by atoms with Gasteiger partial charge in [-0.25, -0.2) is 9.97 Å². The van der Waals surface area contributed by atoms with Crippen LogP contribution in [-0.2, 0) is 12.8 Å². The molecule has 5 heteroatoms. The first kappa shape index (κ1) is 13.5. The van der Waals surface area contributed by atoms with Crippen LogP contribution in [-0.4, -0.2) is 16.5 Å². The summed E-state index contributed by atoms with van der Waals surface area (Å²) in [6, 6.07) is 0. The number of nitrogens with one attached hydrogen (secondary N) is 1. The van der Waals surface area contributed by atoms with Gasteiger partial charge in [0.15, 0.2) is 5.13 Å². The van der Waals surface area contributed by atoms with E-state index in [9.17, 15) is 0 Å². The lowest BCUT2D eigenvalue weighted by Crippen LogP contribution is -1.95. The number of hydrogen-bond acceptors (Lipinski definition) is 5. The number of aryl methyl sites for hydroxylation is 2. The molecule has 0 saturated heterocycles. The van der Waals surface area contributed by atoms with Gasteiger partial charge in [-0.15, -0.1) is 22.7 Å². The van der Waals surface area contributed by atoms with Gasteiger partial charge in [-0.2, -0.15) is 0 Å². The molecule has 2 aromatic heterocycles. The second-order valence-corrected chi connectivity index (χ2v) is 6.00. The van der Waals surface area contributed by atoms with Crippen LogP contribution in [0.15, 0.2) is 5.38 Å². The van der Waals surface area contributed by atoms with Crippen LogP contribution in [0, 0.1) is 0 Å². The highest BCUT2D eigenvalue weighted by Crippen LogP contribution is 2.33. The molecule has 0 fully saturated rings. The van der Waals surface area contributed by atoms with Gasteiger partial charge in [-0.1, -0.05) is 20.3 Å². The molecule has 1 N–H and O–H groups in total. The minimum atomic E-state index is 0.914. The molecule has 0 atom stereocenters. The van der Waals surface area contributed by atoms with Crippen LogP contribution in [0.25, 0.3) is 10.6 Å². The molecule has 0 aliphatic heterocycles. The lowest BCUT2D eigenvalue weighted by Gasteiger charge is -1.97. The van der Waals surface area contributed by atoms with Crippen molar-refractivity contribution in [1.82, 2.24) is 9.97 Å². The van der Waals surface area contributed by atoms with Gasteiger partial charge in [0.2, 0.25) is 0 Å². The van der Waals surface area contributed by atoms with E-state index in [1.54, 1.807) is 22.7 Å². The Hall–Kier alpha value is -0.940. The first-order valence-corrected chi connectivity index (χ1v) is 8.16. The highest BCUT2D eigenvalue weighted by atomic mass is 32.1. The van der Waals surface area contributed by atoms with E-state index in [4.69, 9.17) is 4.98 Å². The summed E-state index contributed by atoms with van der Waals surface area (Å²) in [5.41, 5.74) is 2.30. The summed E-state index contributed by atoms with van der Waals surface area (Å²) >= 11 is 3.46. The maximum Gasteiger partial charge on any atom is 0.183 e. The predicted octanol–water partition coefficient (Wildman–Crippen LogP) is 4.21. The largest absolute Gasteiger partial charge is 0.362 e. The average molecular weight is 281 g/mol. The number of anilines is 1. The van der Waals surface area contributed by atoms with Gasteiger partial charge in [0.1, 0.15) is 0 Å². The van der Waals surface area contributed by atoms with Crippen LogP contribution in [0.2, 0.25) is 0 Å². The van der Waals surface area contributed by atoms with Crippen molar-refractivity contribution in [2.24, 2.45) is 0 Å². The van der Waals surface area contributed by atoms with Crippen molar-refractivity contribution in [2.45, 2.75) is 40.0 Å². The van der Waals surface area contributed by atoms with Gasteiger partial charge < -0.3 is 5.32 Å². The Labute approximate surface area is 116 Å². The summed E-state index contributed by atoms with van der Waals surface area (Å²) in [5.74, 6) is 0. The zero-order valence-electron chi connectivity index (χ0n) is 11.1. The molecule has 0 bridgehead atoms. The lowest BCUT2D eigenvalue weighted by atomic mass is 10.2. The minimum Gasteiger partial charge on any atom is -0.362 e. The summed E-state index contributed by atoms with van der Waals surface area (Å²) in [6.45, 7) is 7.35. The van der Waals surface area contributed by atoms with Gasteiger partial charge in [0.25, 0.3) is 0 Å².